The van der Waals surface area contributed by atoms with Crippen LogP contribution < -0.4 is 0 Å². The summed E-state index contributed by atoms with van der Waals surface area (Å²) in [6, 6.07) is 9.43. The van der Waals surface area contributed by atoms with Gasteiger partial charge in [0.2, 0.25) is 0 Å². The first-order valence-corrected chi connectivity index (χ1v) is 9.50. The Morgan fingerprint density at radius 3 is 2.57 bits per heavy atom. The highest BCUT2D eigenvalue weighted by Gasteiger charge is 2.30. The maximum absolute atomic E-state index is 12.5. The van der Waals surface area contributed by atoms with Gasteiger partial charge in [-0.3, -0.25) is 9.69 Å². The predicted molar refractivity (Wildman–Crippen MR) is 111 cm³/mol. The summed E-state index contributed by atoms with van der Waals surface area (Å²) in [7, 11) is 2.91. The lowest BCUT2D eigenvalue weighted by Gasteiger charge is -2.07. The van der Waals surface area contributed by atoms with E-state index in [1.165, 1.54) is 30.2 Å². The molecule has 0 spiro atoms. The van der Waals surface area contributed by atoms with Crippen LogP contribution in [0.1, 0.15) is 15.9 Å². The molecule has 6 nitrogen and oxygen atoms in total. The van der Waals surface area contributed by atoms with Crippen LogP contribution in [0.25, 0.3) is 6.08 Å². The molecule has 1 aliphatic heterocycles. The fraction of sp³-hybridized carbons (Fsp3) is 0.105. The van der Waals surface area contributed by atoms with Crippen LogP contribution in [0.15, 0.2) is 46.3 Å². The van der Waals surface area contributed by atoms with E-state index in [-0.39, 0.29) is 16.7 Å². The number of phenolic OH excluding ortho intramolecular Hbond substituents is 1. The van der Waals surface area contributed by atoms with Crippen molar-refractivity contribution in [3.8, 4) is 5.75 Å². The van der Waals surface area contributed by atoms with Gasteiger partial charge in [-0.1, -0.05) is 23.2 Å². The lowest BCUT2D eigenvalue weighted by atomic mass is 10.2. The number of halogens is 2. The largest absolute Gasteiger partial charge is 0.506 e. The van der Waals surface area contributed by atoms with Gasteiger partial charge in [-0.25, -0.2) is 9.79 Å². The number of nitrogens with zero attached hydrogens (tertiary/aromatic N) is 2. The third-order valence-electron chi connectivity index (χ3n) is 3.86. The molecular formula is C19H14Cl2N2O4S. The summed E-state index contributed by atoms with van der Waals surface area (Å²) in [5, 5.41) is 11.0. The van der Waals surface area contributed by atoms with Gasteiger partial charge < -0.3 is 9.84 Å². The lowest BCUT2D eigenvalue weighted by Crippen LogP contribution is -2.23. The van der Waals surface area contributed by atoms with Gasteiger partial charge in [-0.15, -0.1) is 0 Å². The first-order chi connectivity index (χ1) is 13.3. The topological polar surface area (TPSA) is 79.2 Å². The van der Waals surface area contributed by atoms with Crippen molar-refractivity contribution in [3.05, 3.63) is 62.5 Å². The Kier molecular flexibility index (Phi) is 5.98. The van der Waals surface area contributed by atoms with E-state index in [2.05, 4.69) is 9.73 Å². The lowest BCUT2D eigenvalue weighted by molar-refractivity contribution is -0.121. The molecule has 1 heterocycles. The van der Waals surface area contributed by atoms with Crippen molar-refractivity contribution in [2.24, 2.45) is 4.99 Å². The average Bonchev–Trinajstić information content (AvgIpc) is 2.93. The smallest absolute Gasteiger partial charge is 0.337 e. The number of hydrogen-bond donors (Lipinski definition) is 1. The van der Waals surface area contributed by atoms with Crippen LogP contribution >= 0.6 is 35.0 Å². The van der Waals surface area contributed by atoms with Crippen molar-refractivity contribution >= 4 is 63.8 Å². The number of amides is 1. The van der Waals surface area contributed by atoms with Crippen LogP contribution in [-0.2, 0) is 9.53 Å². The molecule has 0 atom stereocenters. The van der Waals surface area contributed by atoms with Gasteiger partial charge in [0.05, 0.1) is 28.3 Å². The van der Waals surface area contributed by atoms with Crippen LogP contribution in [0.4, 0.5) is 5.69 Å². The minimum atomic E-state index is -0.438. The zero-order chi connectivity index (χ0) is 20.4. The van der Waals surface area contributed by atoms with E-state index in [1.807, 2.05) is 0 Å². The molecule has 2 aromatic rings. The number of hydrogen-bond acceptors (Lipinski definition) is 6. The van der Waals surface area contributed by atoms with E-state index in [0.717, 1.165) is 11.8 Å². The molecule has 28 heavy (non-hydrogen) atoms. The predicted octanol–water partition coefficient (Wildman–Crippen LogP) is 4.72. The van der Waals surface area contributed by atoms with Crippen molar-refractivity contribution in [2.75, 3.05) is 14.2 Å². The number of likely N-dealkylation sites (N-methyl/N-ethyl adjacent to an activating group) is 1. The van der Waals surface area contributed by atoms with Crippen molar-refractivity contribution in [2.45, 2.75) is 0 Å². The number of carbonyl (C=O) groups is 2. The number of carbonyl (C=O) groups excluding carboxylic acids is 2. The Hall–Kier alpha value is -2.48. The number of aliphatic imine (C=N–C) groups is 1. The Bertz CT molecular complexity index is 1020. The van der Waals surface area contributed by atoms with Gasteiger partial charge in [-0.05, 0) is 54.2 Å². The average molecular weight is 437 g/mol. The van der Waals surface area contributed by atoms with Gasteiger partial charge in [0.1, 0.15) is 5.75 Å². The third-order valence-corrected chi connectivity index (χ3v) is 5.43. The minimum Gasteiger partial charge on any atom is -0.506 e. The summed E-state index contributed by atoms with van der Waals surface area (Å²) in [5.74, 6) is -0.865. The fourth-order valence-electron chi connectivity index (χ4n) is 2.39. The summed E-state index contributed by atoms with van der Waals surface area (Å²) in [5.41, 5.74) is 1.32. The Labute approximate surface area is 175 Å². The molecule has 0 aliphatic carbocycles. The van der Waals surface area contributed by atoms with Crippen molar-refractivity contribution in [1.29, 1.82) is 0 Å². The maximum Gasteiger partial charge on any atom is 0.337 e. The number of methoxy groups -OCH3 is 1. The van der Waals surface area contributed by atoms with E-state index in [1.54, 1.807) is 31.3 Å². The highest BCUT2D eigenvalue weighted by Crippen LogP contribution is 2.37. The molecule has 0 aromatic heterocycles. The number of thioether (sulfide) groups is 1. The number of esters is 1. The molecule has 1 amide bonds. The normalized spacial score (nSPS) is 16.9. The summed E-state index contributed by atoms with van der Waals surface area (Å²) in [6.45, 7) is 0. The fourth-order valence-corrected chi connectivity index (χ4v) is 3.88. The highest BCUT2D eigenvalue weighted by atomic mass is 35.5. The number of ether oxygens (including phenoxy) is 1. The molecule has 0 bridgehead atoms. The Morgan fingerprint density at radius 2 is 1.93 bits per heavy atom. The monoisotopic (exact) mass is 436 g/mol. The molecule has 1 N–H and O–H groups in total. The molecule has 2 aromatic carbocycles. The zero-order valence-electron chi connectivity index (χ0n) is 14.8. The van der Waals surface area contributed by atoms with Gasteiger partial charge in [-0.2, -0.15) is 0 Å². The van der Waals surface area contributed by atoms with Crippen LogP contribution in [0.2, 0.25) is 10.0 Å². The molecule has 0 saturated carbocycles. The number of benzene rings is 2. The van der Waals surface area contributed by atoms with Gasteiger partial charge in [0, 0.05) is 17.6 Å². The van der Waals surface area contributed by atoms with E-state index in [0.29, 0.717) is 31.9 Å². The van der Waals surface area contributed by atoms with E-state index < -0.39 is 5.97 Å². The second kappa shape index (κ2) is 8.26. The first kappa shape index (κ1) is 20.3. The summed E-state index contributed by atoms with van der Waals surface area (Å²) in [4.78, 5) is 30.2. The number of rotatable bonds is 3. The van der Waals surface area contributed by atoms with Crippen molar-refractivity contribution in [3.63, 3.8) is 0 Å². The van der Waals surface area contributed by atoms with E-state index in [9.17, 15) is 14.7 Å². The van der Waals surface area contributed by atoms with Crippen LogP contribution in [0.3, 0.4) is 0 Å². The van der Waals surface area contributed by atoms with E-state index >= 15 is 0 Å². The quantitative estimate of drug-likeness (QED) is 0.556. The number of aromatic hydroxyl groups is 1. The summed E-state index contributed by atoms with van der Waals surface area (Å²) in [6.07, 6.45) is 1.51. The number of phenols is 1. The standard InChI is InChI=1S/C19H14Cl2N2O4S/c1-23-17(25)15(8-11-7-12(20)9-14(21)16(11)24)28-19(23)22-13-5-3-10(4-6-13)18(26)27-2/h3-9,24H,1-2H3/b15-8-,22-19?. The van der Waals surface area contributed by atoms with Gasteiger partial charge in [0.25, 0.3) is 5.91 Å². The summed E-state index contributed by atoms with van der Waals surface area (Å²) < 4.78 is 4.66. The van der Waals surface area contributed by atoms with Gasteiger partial charge >= 0.3 is 5.97 Å². The number of amidine groups is 1. The minimum absolute atomic E-state index is 0.0998. The highest BCUT2D eigenvalue weighted by molar-refractivity contribution is 8.18. The SMILES string of the molecule is COC(=O)c1ccc(N=C2S/C(=C\c3cc(Cl)cc(Cl)c3O)C(=O)N2C)cc1. The Balaban J connectivity index is 1.89. The van der Waals surface area contributed by atoms with Gasteiger partial charge in [0.15, 0.2) is 5.17 Å². The van der Waals surface area contributed by atoms with E-state index in [4.69, 9.17) is 23.2 Å². The Morgan fingerprint density at radius 1 is 1.25 bits per heavy atom. The van der Waals surface area contributed by atoms with Crippen molar-refractivity contribution in [1.82, 2.24) is 4.90 Å². The third kappa shape index (κ3) is 4.16. The zero-order valence-corrected chi connectivity index (χ0v) is 17.1. The molecule has 144 valence electrons. The molecule has 1 fully saturated rings. The van der Waals surface area contributed by atoms with Crippen LogP contribution in [-0.4, -0.2) is 41.2 Å². The first-order valence-electron chi connectivity index (χ1n) is 7.93. The second-order valence-electron chi connectivity index (χ2n) is 5.73. The molecular weight excluding hydrogens is 423 g/mol. The van der Waals surface area contributed by atoms with Crippen molar-refractivity contribution < 1.29 is 19.4 Å². The molecule has 0 radical (unpaired) electrons. The molecule has 1 saturated heterocycles. The molecule has 1 aliphatic rings. The van der Waals surface area contributed by atoms with Crippen LogP contribution in [0.5, 0.6) is 5.75 Å². The second-order valence-corrected chi connectivity index (χ2v) is 7.59. The maximum atomic E-state index is 12.5. The molecule has 9 heteroatoms. The van der Waals surface area contributed by atoms with Crippen LogP contribution in [0, 0.1) is 0 Å². The molecule has 3 rings (SSSR count). The molecule has 0 unspecified atom stereocenters. The summed E-state index contributed by atoms with van der Waals surface area (Å²) >= 11 is 13.0.